The molecule has 0 aliphatic rings. The monoisotopic (exact) mass is 379 g/mol. The number of anilines is 1. The van der Waals surface area contributed by atoms with Crippen molar-refractivity contribution in [2.45, 2.75) is 39.0 Å². The van der Waals surface area contributed by atoms with Gasteiger partial charge in [0.15, 0.2) is 5.13 Å². The van der Waals surface area contributed by atoms with Crippen molar-refractivity contribution < 1.29 is 13.2 Å². The van der Waals surface area contributed by atoms with E-state index in [1.807, 2.05) is 13.8 Å². The Hall–Kier alpha value is -1.31. The number of hydrogen-bond acceptors (Lipinski definition) is 4. The molecule has 0 aliphatic carbocycles. The molecule has 1 aromatic heterocycles. The predicted octanol–water partition coefficient (Wildman–Crippen LogP) is 4.62. The highest BCUT2D eigenvalue weighted by molar-refractivity contribution is 7.15. The first-order valence-electron chi connectivity index (χ1n) is 7.40. The van der Waals surface area contributed by atoms with Crippen molar-refractivity contribution in [3.05, 3.63) is 46.5 Å². The van der Waals surface area contributed by atoms with Crippen LogP contribution in [0.15, 0.2) is 30.5 Å². The van der Waals surface area contributed by atoms with Crippen LogP contribution in [0.3, 0.4) is 0 Å². The van der Waals surface area contributed by atoms with E-state index in [0.29, 0.717) is 23.7 Å². The van der Waals surface area contributed by atoms with Crippen LogP contribution in [0.25, 0.3) is 0 Å². The third kappa shape index (κ3) is 5.36. The summed E-state index contributed by atoms with van der Waals surface area (Å²) in [5.41, 5.74) is 5.40. The Balaban J connectivity index is 0.00000288. The Morgan fingerprint density at radius 3 is 2.50 bits per heavy atom. The molecule has 0 radical (unpaired) electrons. The molecule has 2 rings (SSSR count). The van der Waals surface area contributed by atoms with Gasteiger partial charge in [-0.3, -0.25) is 4.90 Å². The quantitative estimate of drug-likeness (QED) is 0.796. The first-order valence-corrected chi connectivity index (χ1v) is 8.22. The van der Waals surface area contributed by atoms with E-state index in [1.165, 1.54) is 17.4 Å². The van der Waals surface area contributed by atoms with Gasteiger partial charge in [0.05, 0.1) is 5.56 Å². The smallest absolute Gasteiger partial charge is 0.375 e. The van der Waals surface area contributed by atoms with Crippen molar-refractivity contribution in [2.75, 3.05) is 12.3 Å². The number of likely N-dealkylation sites (N-methyl/N-ethyl adjacent to an activating group) is 1. The van der Waals surface area contributed by atoms with Crippen molar-refractivity contribution in [2.24, 2.45) is 0 Å². The molecule has 1 atom stereocenters. The molecular weight excluding hydrogens is 359 g/mol. The summed E-state index contributed by atoms with van der Waals surface area (Å²) in [6.07, 6.45) is -2.25. The van der Waals surface area contributed by atoms with E-state index >= 15 is 0 Å². The molecule has 0 saturated carbocycles. The van der Waals surface area contributed by atoms with Gasteiger partial charge in [-0.2, -0.15) is 13.2 Å². The minimum atomic E-state index is -4.32. The van der Waals surface area contributed by atoms with Crippen LogP contribution in [-0.4, -0.2) is 22.5 Å². The van der Waals surface area contributed by atoms with E-state index in [2.05, 4.69) is 9.88 Å². The first kappa shape index (κ1) is 20.7. The lowest BCUT2D eigenvalue weighted by molar-refractivity contribution is -0.138. The standard InChI is InChI=1S/C16H20F3N3S.ClH/c1-3-22(10-13-9-21-15(20)23-13)11(2)8-12-6-4-5-7-14(12)16(17,18)19;/h4-7,9,11H,3,8,10H2,1-2H3,(H2,20,21);1H. The molecule has 8 heteroatoms. The van der Waals surface area contributed by atoms with Crippen molar-refractivity contribution >= 4 is 28.9 Å². The zero-order chi connectivity index (χ0) is 17.0. The van der Waals surface area contributed by atoms with Gasteiger partial charge in [-0.15, -0.1) is 23.7 Å². The lowest BCUT2D eigenvalue weighted by atomic mass is 9.99. The van der Waals surface area contributed by atoms with Crippen LogP contribution >= 0.6 is 23.7 Å². The van der Waals surface area contributed by atoms with Gasteiger partial charge in [-0.25, -0.2) is 4.98 Å². The molecule has 1 aromatic carbocycles. The molecule has 0 fully saturated rings. The lowest BCUT2D eigenvalue weighted by Gasteiger charge is -2.28. The highest BCUT2D eigenvalue weighted by Gasteiger charge is 2.33. The number of thiazole rings is 1. The van der Waals surface area contributed by atoms with Crippen LogP contribution in [0.4, 0.5) is 18.3 Å². The van der Waals surface area contributed by atoms with Gasteiger partial charge in [-0.05, 0) is 31.5 Å². The minimum absolute atomic E-state index is 0. The van der Waals surface area contributed by atoms with Crippen molar-refractivity contribution in [3.8, 4) is 0 Å². The maximum absolute atomic E-state index is 13.1. The summed E-state index contributed by atoms with van der Waals surface area (Å²) in [6, 6.07) is 5.75. The predicted molar refractivity (Wildman–Crippen MR) is 94.5 cm³/mol. The second-order valence-corrected chi connectivity index (χ2v) is 6.58. The van der Waals surface area contributed by atoms with Crippen LogP contribution in [0.2, 0.25) is 0 Å². The van der Waals surface area contributed by atoms with Gasteiger partial charge in [0.1, 0.15) is 0 Å². The van der Waals surface area contributed by atoms with E-state index in [9.17, 15) is 13.2 Å². The van der Waals surface area contributed by atoms with E-state index in [0.717, 1.165) is 17.5 Å². The number of aromatic nitrogens is 1. The minimum Gasteiger partial charge on any atom is -0.375 e. The Morgan fingerprint density at radius 2 is 1.96 bits per heavy atom. The number of benzene rings is 1. The van der Waals surface area contributed by atoms with Crippen LogP contribution in [0.5, 0.6) is 0 Å². The zero-order valence-corrected chi connectivity index (χ0v) is 15.1. The van der Waals surface area contributed by atoms with Gasteiger partial charge in [0.2, 0.25) is 0 Å². The fourth-order valence-electron chi connectivity index (χ4n) is 2.60. The number of rotatable bonds is 6. The van der Waals surface area contributed by atoms with Crippen molar-refractivity contribution in [1.82, 2.24) is 9.88 Å². The third-order valence-electron chi connectivity index (χ3n) is 3.80. The molecule has 134 valence electrons. The first-order chi connectivity index (χ1) is 10.8. The van der Waals surface area contributed by atoms with E-state index in [-0.39, 0.29) is 18.4 Å². The Kier molecular flexibility index (Phi) is 7.51. The second kappa shape index (κ2) is 8.69. The molecule has 1 heterocycles. The molecule has 3 nitrogen and oxygen atoms in total. The average molecular weight is 380 g/mol. The van der Waals surface area contributed by atoms with E-state index < -0.39 is 11.7 Å². The molecule has 2 N–H and O–H groups in total. The summed E-state index contributed by atoms with van der Waals surface area (Å²) in [5.74, 6) is 0. The van der Waals surface area contributed by atoms with Crippen LogP contribution in [-0.2, 0) is 19.1 Å². The fourth-order valence-corrected chi connectivity index (χ4v) is 3.31. The molecule has 2 aromatic rings. The van der Waals surface area contributed by atoms with Gasteiger partial charge >= 0.3 is 6.18 Å². The number of nitrogen functional groups attached to an aromatic ring is 1. The van der Waals surface area contributed by atoms with E-state index in [4.69, 9.17) is 5.73 Å². The molecule has 24 heavy (non-hydrogen) atoms. The molecule has 0 aliphatic heterocycles. The van der Waals surface area contributed by atoms with Crippen molar-refractivity contribution in [3.63, 3.8) is 0 Å². The van der Waals surface area contributed by atoms with Gasteiger partial charge in [0.25, 0.3) is 0 Å². The number of halogens is 4. The summed E-state index contributed by atoms with van der Waals surface area (Å²) in [7, 11) is 0. The topological polar surface area (TPSA) is 42.2 Å². The SMILES string of the molecule is CCN(Cc1cnc(N)s1)C(C)Cc1ccccc1C(F)(F)F.Cl. The zero-order valence-electron chi connectivity index (χ0n) is 13.5. The third-order valence-corrected chi connectivity index (χ3v) is 4.61. The second-order valence-electron chi connectivity index (χ2n) is 5.44. The number of nitrogens with two attached hydrogens (primary N) is 1. The maximum atomic E-state index is 13.1. The Labute approximate surface area is 150 Å². The van der Waals surface area contributed by atoms with Gasteiger partial charge in [0, 0.05) is 23.7 Å². The Morgan fingerprint density at radius 1 is 1.29 bits per heavy atom. The molecule has 1 unspecified atom stereocenters. The molecule has 0 saturated heterocycles. The lowest BCUT2D eigenvalue weighted by Crippen LogP contribution is -2.34. The molecule has 0 bridgehead atoms. The molecular formula is C16H21ClF3N3S. The highest BCUT2D eigenvalue weighted by Crippen LogP contribution is 2.32. The van der Waals surface area contributed by atoms with Gasteiger partial charge < -0.3 is 5.73 Å². The maximum Gasteiger partial charge on any atom is 0.416 e. The average Bonchev–Trinajstić information content (AvgIpc) is 2.89. The normalized spacial score (nSPS) is 12.9. The number of alkyl halides is 3. The van der Waals surface area contributed by atoms with Crippen LogP contribution < -0.4 is 5.73 Å². The number of hydrogen-bond donors (Lipinski definition) is 1. The molecule has 0 spiro atoms. The summed E-state index contributed by atoms with van der Waals surface area (Å²) in [6.45, 7) is 5.32. The largest absolute Gasteiger partial charge is 0.416 e. The highest BCUT2D eigenvalue weighted by atomic mass is 35.5. The van der Waals surface area contributed by atoms with E-state index in [1.54, 1.807) is 18.3 Å². The summed E-state index contributed by atoms with van der Waals surface area (Å²) in [4.78, 5) is 7.15. The summed E-state index contributed by atoms with van der Waals surface area (Å²) >= 11 is 1.41. The number of nitrogens with zero attached hydrogens (tertiary/aromatic N) is 2. The Bertz CT molecular complexity index is 645. The summed E-state index contributed by atoms with van der Waals surface area (Å²) < 4.78 is 39.3. The van der Waals surface area contributed by atoms with Gasteiger partial charge in [-0.1, -0.05) is 25.1 Å². The van der Waals surface area contributed by atoms with Crippen molar-refractivity contribution in [1.29, 1.82) is 0 Å². The van der Waals surface area contributed by atoms with Crippen LogP contribution in [0, 0.1) is 0 Å². The summed E-state index contributed by atoms with van der Waals surface area (Å²) in [5, 5.41) is 0.506. The molecule has 0 amide bonds. The fraction of sp³-hybridized carbons (Fsp3) is 0.438. The van der Waals surface area contributed by atoms with Crippen LogP contribution in [0.1, 0.15) is 29.9 Å².